The molecule has 5 heteroatoms. The maximum atomic E-state index is 11.5. The predicted octanol–water partition coefficient (Wildman–Crippen LogP) is 1.22. The second-order valence-electron chi connectivity index (χ2n) is 4.21. The van der Waals surface area contributed by atoms with E-state index < -0.39 is 5.97 Å². The fraction of sp³-hybridized carbons (Fsp3) is 0.231. The quantitative estimate of drug-likeness (QED) is 0.758. The van der Waals surface area contributed by atoms with Gasteiger partial charge in [-0.25, -0.2) is 0 Å². The lowest BCUT2D eigenvalue weighted by Gasteiger charge is -2.01. The third-order valence-electron chi connectivity index (χ3n) is 2.71. The van der Waals surface area contributed by atoms with Gasteiger partial charge in [-0.15, -0.1) is 0 Å². The summed E-state index contributed by atoms with van der Waals surface area (Å²) in [7, 11) is 0. The SMILES string of the molecule is Cc1ccc2c(CC(=O)NCC(=O)O)c[nH]c2c1. The number of fused-ring (bicyclic) bond motifs is 1. The van der Waals surface area contributed by atoms with E-state index in [1.807, 2.05) is 25.1 Å². The summed E-state index contributed by atoms with van der Waals surface area (Å²) in [4.78, 5) is 25.0. The average Bonchev–Trinajstić information content (AvgIpc) is 2.69. The summed E-state index contributed by atoms with van der Waals surface area (Å²) >= 11 is 0. The van der Waals surface area contributed by atoms with Gasteiger partial charge in [-0.2, -0.15) is 0 Å². The number of hydrogen-bond donors (Lipinski definition) is 3. The zero-order chi connectivity index (χ0) is 13.1. The molecule has 0 spiro atoms. The molecule has 1 amide bonds. The third-order valence-corrected chi connectivity index (χ3v) is 2.71. The van der Waals surface area contributed by atoms with Crippen LogP contribution in [-0.2, 0) is 16.0 Å². The molecule has 0 saturated carbocycles. The zero-order valence-corrected chi connectivity index (χ0v) is 9.99. The first-order chi connectivity index (χ1) is 8.56. The summed E-state index contributed by atoms with van der Waals surface area (Å²) in [6, 6.07) is 5.95. The molecule has 2 aromatic rings. The van der Waals surface area contributed by atoms with Crippen LogP contribution in [0.15, 0.2) is 24.4 Å². The number of benzene rings is 1. The van der Waals surface area contributed by atoms with E-state index in [0.717, 1.165) is 22.0 Å². The van der Waals surface area contributed by atoms with Crippen molar-refractivity contribution < 1.29 is 14.7 Å². The van der Waals surface area contributed by atoms with E-state index in [-0.39, 0.29) is 18.9 Å². The average molecular weight is 246 g/mol. The Kier molecular flexibility index (Phi) is 3.32. The molecule has 2 rings (SSSR count). The Morgan fingerprint density at radius 3 is 2.89 bits per heavy atom. The number of nitrogens with one attached hydrogen (secondary N) is 2. The van der Waals surface area contributed by atoms with Crippen molar-refractivity contribution in [3.8, 4) is 0 Å². The Morgan fingerprint density at radius 2 is 2.17 bits per heavy atom. The lowest BCUT2D eigenvalue weighted by molar-refractivity contribution is -0.137. The van der Waals surface area contributed by atoms with Gasteiger partial charge in [-0.1, -0.05) is 12.1 Å². The van der Waals surface area contributed by atoms with Crippen molar-refractivity contribution in [2.24, 2.45) is 0 Å². The minimum absolute atomic E-state index is 0.177. The summed E-state index contributed by atoms with van der Waals surface area (Å²) < 4.78 is 0. The van der Waals surface area contributed by atoms with E-state index in [1.54, 1.807) is 6.20 Å². The highest BCUT2D eigenvalue weighted by Gasteiger charge is 2.09. The fourth-order valence-corrected chi connectivity index (χ4v) is 1.86. The molecule has 0 saturated heterocycles. The van der Waals surface area contributed by atoms with Crippen molar-refractivity contribution in [1.82, 2.24) is 10.3 Å². The van der Waals surface area contributed by atoms with E-state index in [0.29, 0.717) is 0 Å². The predicted molar refractivity (Wildman–Crippen MR) is 67.4 cm³/mol. The molecule has 1 aromatic carbocycles. The highest BCUT2D eigenvalue weighted by atomic mass is 16.4. The number of H-pyrrole nitrogens is 1. The van der Waals surface area contributed by atoms with Gasteiger partial charge in [0.1, 0.15) is 6.54 Å². The van der Waals surface area contributed by atoms with Crippen LogP contribution in [0.5, 0.6) is 0 Å². The van der Waals surface area contributed by atoms with Crippen molar-refractivity contribution in [3.63, 3.8) is 0 Å². The minimum atomic E-state index is -1.04. The van der Waals surface area contributed by atoms with Crippen LogP contribution < -0.4 is 5.32 Å². The van der Waals surface area contributed by atoms with E-state index in [9.17, 15) is 9.59 Å². The largest absolute Gasteiger partial charge is 0.480 e. The number of aliphatic carboxylic acids is 1. The maximum Gasteiger partial charge on any atom is 0.322 e. The molecule has 0 aliphatic carbocycles. The third kappa shape index (κ3) is 2.68. The van der Waals surface area contributed by atoms with Crippen molar-refractivity contribution in [2.45, 2.75) is 13.3 Å². The molecule has 0 atom stereocenters. The monoisotopic (exact) mass is 246 g/mol. The molecule has 0 bridgehead atoms. The van der Waals surface area contributed by atoms with Gasteiger partial charge in [-0.3, -0.25) is 9.59 Å². The first-order valence-electron chi connectivity index (χ1n) is 5.61. The molecule has 94 valence electrons. The number of aromatic amines is 1. The molecule has 1 aromatic heterocycles. The molecule has 0 unspecified atom stereocenters. The van der Waals surface area contributed by atoms with Gasteiger partial charge >= 0.3 is 5.97 Å². The number of carboxylic acids is 1. The second kappa shape index (κ2) is 4.91. The van der Waals surface area contributed by atoms with Crippen molar-refractivity contribution in [3.05, 3.63) is 35.5 Å². The lowest BCUT2D eigenvalue weighted by Crippen LogP contribution is -2.30. The molecule has 3 N–H and O–H groups in total. The van der Waals surface area contributed by atoms with Gasteiger partial charge in [0.25, 0.3) is 0 Å². The van der Waals surface area contributed by atoms with Gasteiger partial charge in [0.2, 0.25) is 5.91 Å². The van der Waals surface area contributed by atoms with E-state index in [2.05, 4.69) is 10.3 Å². The molecule has 0 radical (unpaired) electrons. The van der Waals surface area contributed by atoms with Crippen LogP contribution in [0.4, 0.5) is 0 Å². The number of carbonyl (C=O) groups excluding carboxylic acids is 1. The van der Waals surface area contributed by atoms with Crippen LogP contribution in [0.3, 0.4) is 0 Å². The Bertz CT molecular complexity index is 601. The lowest BCUT2D eigenvalue weighted by atomic mass is 10.1. The highest BCUT2D eigenvalue weighted by molar-refractivity contribution is 5.90. The first kappa shape index (κ1) is 12.2. The van der Waals surface area contributed by atoms with Gasteiger partial charge < -0.3 is 15.4 Å². The van der Waals surface area contributed by atoms with E-state index in [4.69, 9.17) is 5.11 Å². The van der Waals surface area contributed by atoms with Crippen LogP contribution in [0, 0.1) is 6.92 Å². The summed E-state index contributed by atoms with van der Waals surface area (Å²) in [5.74, 6) is -1.34. The Labute approximate surface area is 104 Å². The molecule has 18 heavy (non-hydrogen) atoms. The zero-order valence-electron chi connectivity index (χ0n) is 9.99. The normalized spacial score (nSPS) is 10.5. The molecule has 0 aliphatic rings. The van der Waals surface area contributed by atoms with E-state index in [1.165, 1.54) is 0 Å². The summed E-state index contributed by atoms with van der Waals surface area (Å²) in [5, 5.41) is 11.8. The fourth-order valence-electron chi connectivity index (χ4n) is 1.86. The molecular weight excluding hydrogens is 232 g/mol. The molecule has 0 aliphatic heterocycles. The van der Waals surface area contributed by atoms with Crippen LogP contribution in [0.25, 0.3) is 10.9 Å². The Hall–Kier alpha value is -2.30. The number of amides is 1. The first-order valence-corrected chi connectivity index (χ1v) is 5.61. The van der Waals surface area contributed by atoms with Gasteiger partial charge in [0.05, 0.1) is 6.42 Å². The standard InChI is InChI=1S/C13H14N2O3/c1-8-2-3-10-9(6-14-11(10)4-8)5-12(16)15-7-13(17)18/h2-4,6,14H,5,7H2,1H3,(H,15,16)(H,17,18). The summed E-state index contributed by atoms with van der Waals surface area (Å²) in [5.41, 5.74) is 3.00. The molecular formula is C13H14N2O3. The van der Waals surface area contributed by atoms with Crippen molar-refractivity contribution in [1.29, 1.82) is 0 Å². The topological polar surface area (TPSA) is 82.2 Å². The van der Waals surface area contributed by atoms with Crippen molar-refractivity contribution in [2.75, 3.05) is 6.54 Å². The van der Waals surface area contributed by atoms with Crippen molar-refractivity contribution >= 4 is 22.8 Å². The number of carbonyl (C=O) groups is 2. The Morgan fingerprint density at radius 1 is 1.39 bits per heavy atom. The second-order valence-corrected chi connectivity index (χ2v) is 4.21. The summed E-state index contributed by atoms with van der Waals surface area (Å²) in [6.45, 7) is 1.65. The highest BCUT2D eigenvalue weighted by Crippen LogP contribution is 2.19. The minimum Gasteiger partial charge on any atom is -0.480 e. The number of carboxylic acid groups (broad SMARTS) is 1. The Balaban J connectivity index is 2.12. The number of hydrogen-bond acceptors (Lipinski definition) is 2. The molecule has 5 nitrogen and oxygen atoms in total. The van der Waals surface area contributed by atoms with Crippen LogP contribution >= 0.6 is 0 Å². The maximum absolute atomic E-state index is 11.5. The van der Waals surface area contributed by atoms with Gasteiger partial charge in [0, 0.05) is 17.1 Å². The van der Waals surface area contributed by atoms with Crippen LogP contribution in [0.1, 0.15) is 11.1 Å². The number of aryl methyl sites for hydroxylation is 1. The van der Waals surface area contributed by atoms with Crippen LogP contribution in [-0.4, -0.2) is 28.5 Å². The van der Waals surface area contributed by atoms with Gasteiger partial charge in [0.15, 0.2) is 0 Å². The molecule has 1 heterocycles. The number of aromatic nitrogens is 1. The van der Waals surface area contributed by atoms with Crippen LogP contribution in [0.2, 0.25) is 0 Å². The number of rotatable bonds is 4. The summed E-state index contributed by atoms with van der Waals surface area (Å²) in [6.07, 6.45) is 1.96. The molecule has 0 fully saturated rings. The van der Waals surface area contributed by atoms with E-state index >= 15 is 0 Å². The smallest absolute Gasteiger partial charge is 0.322 e. The van der Waals surface area contributed by atoms with Gasteiger partial charge in [-0.05, 0) is 24.1 Å².